The largest absolute Gasteiger partial charge is 0.471 e. The minimum absolute atomic E-state index is 0.0568. The lowest BCUT2D eigenvalue weighted by Gasteiger charge is -2.18. The first-order valence-electron chi connectivity index (χ1n) is 5.37. The number of amides is 2. The molecular formula is C10H17F3N2O3. The van der Waals surface area contributed by atoms with Crippen LogP contribution >= 0.6 is 0 Å². The summed E-state index contributed by atoms with van der Waals surface area (Å²) in [6.07, 6.45) is -5.54. The number of carbonyl (C=O) groups is 2. The lowest BCUT2D eigenvalue weighted by atomic mass is 10.2. The Bertz CT molecular complexity index is 293. The minimum atomic E-state index is -4.91. The van der Waals surface area contributed by atoms with Gasteiger partial charge in [-0.3, -0.25) is 4.79 Å². The van der Waals surface area contributed by atoms with E-state index >= 15 is 0 Å². The Morgan fingerprint density at radius 1 is 1.33 bits per heavy atom. The SMILES string of the molecule is CC(C)COC(=O)N(C)CCNC(=O)C(F)(F)F. The summed E-state index contributed by atoms with van der Waals surface area (Å²) in [4.78, 5) is 22.8. The van der Waals surface area contributed by atoms with Crippen molar-refractivity contribution in [2.24, 2.45) is 5.92 Å². The maximum atomic E-state index is 11.8. The van der Waals surface area contributed by atoms with Crippen LogP contribution in [-0.4, -0.2) is 49.8 Å². The molecule has 0 spiro atoms. The highest BCUT2D eigenvalue weighted by Gasteiger charge is 2.38. The van der Waals surface area contributed by atoms with Gasteiger partial charge in [-0.2, -0.15) is 13.2 Å². The molecule has 0 aliphatic rings. The molecule has 0 aromatic heterocycles. The fraction of sp³-hybridized carbons (Fsp3) is 0.800. The number of ether oxygens (including phenoxy) is 1. The summed E-state index contributed by atoms with van der Waals surface area (Å²) in [6, 6.07) is 0. The molecule has 18 heavy (non-hydrogen) atoms. The average molecular weight is 270 g/mol. The fourth-order valence-electron chi connectivity index (χ4n) is 0.877. The summed E-state index contributed by atoms with van der Waals surface area (Å²) in [6.45, 7) is 3.61. The molecule has 0 atom stereocenters. The summed E-state index contributed by atoms with van der Waals surface area (Å²) in [5, 5.41) is 1.66. The Hall–Kier alpha value is -1.47. The molecule has 0 radical (unpaired) electrons. The average Bonchev–Trinajstić information content (AvgIpc) is 2.23. The third kappa shape index (κ3) is 6.97. The van der Waals surface area contributed by atoms with Crippen LogP contribution in [0.25, 0.3) is 0 Å². The van der Waals surface area contributed by atoms with Crippen LogP contribution < -0.4 is 5.32 Å². The first kappa shape index (κ1) is 16.5. The number of rotatable bonds is 5. The van der Waals surface area contributed by atoms with E-state index in [4.69, 9.17) is 4.74 Å². The van der Waals surface area contributed by atoms with Gasteiger partial charge in [-0.25, -0.2) is 4.79 Å². The molecule has 0 bridgehead atoms. The van der Waals surface area contributed by atoms with Gasteiger partial charge in [0.05, 0.1) is 6.61 Å². The Balaban J connectivity index is 3.86. The molecule has 0 saturated heterocycles. The van der Waals surface area contributed by atoms with E-state index in [9.17, 15) is 22.8 Å². The van der Waals surface area contributed by atoms with E-state index in [0.717, 1.165) is 4.90 Å². The predicted molar refractivity (Wildman–Crippen MR) is 57.9 cm³/mol. The van der Waals surface area contributed by atoms with E-state index in [1.54, 1.807) is 5.32 Å². The molecule has 0 aliphatic carbocycles. The molecule has 0 aliphatic heterocycles. The smallest absolute Gasteiger partial charge is 0.449 e. The van der Waals surface area contributed by atoms with E-state index in [1.165, 1.54) is 7.05 Å². The quantitative estimate of drug-likeness (QED) is 0.821. The predicted octanol–water partition coefficient (Wildman–Crippen LogP) is 1.39. The zero-order chi connectivity index (χ0) is 14.3. The summed E-state index contributed by atoms with van der Waals surface area (Å²) in [5.74, 6) is -1.85. The molecule has 2 amide bonds. The van der Waals surface area contributed by atoms with Crippen LogP contribution in [0.3, 0.4) is 0 Å². The number of hydrogen-bond donors (Lipinski definition) is 1. The van der Waals surface area contributed by atoms with E-state index in [0.29, 0.717) is 0 Å². The van der Waals surface area contributed by atoms with Crippen molar-refractivity contribution < 1.29 is 27.5 Å². The maximum absolute atomic E-state index is 11.8. The lowest BCUT2D eigenvalue weighted by molar-refractivity contribution is -0.173. The van der Waals surface area contributed by atoms with Crippen molar-refractivity contribution in [3.63, 3.8) is 0 Å². The summed E-state index contributed by atoms with van der Waals surface area (Å²) < 4.78 is 40.3. The van der Waals surface area contributed by atoms with Crippen molar-refractivity contribution in [1.82, 2.24) is 10.2 Å². The normalized spacial score (nSPS) is 11.3. The Labute approximate surface area is 103 Å². The van der Waals surface area contributed by atoms with Gasteiger partial charge in [-0.05, 0) is 5.92 Å². The van der Waals surface area contributed by atoms with Crippen molar-refractivity contribution in [3.8, 4) is 0 Å². The zero-order valence-corrected chi connectivity index (χ0v) is 10.5. The standard InChI is InChI=1S/C10H17F3N2O3/c1-7(2)6-18-9(17)15(3)5-4-14-8(16)10(11,12)13/h7H,4-6H2,1-3H3,(H,14,16). The van der Waals surface area contributed by atoms with E-state index in [1.807, 2.05) is 13.8 Å². The highest BCUT2D eigenvalue weighted by molar-refractivity contribution is 5.81. The lowest BCUT2D eigenvalue weighted by Crippen LogP contribution is -2.41. The zero-order valence-electron chi connectivity index (χ0n) is 10.5. The highest BCUT2D eigenvalue weighted by atomic mass is 19.4. The molecule has 5 nitrogen and oxygen atoms in total. The molecule has 0 unspecified atom stereocenters. The van der Waals surface area contributed by atoms with Crippen molar-refractivity contribution in [1.29, 1.82) is 0 Å². The number of halogens is 3. The van der Waals surface area contributed by atoms with Crippen LogP contribution in [0.15, 0.2) is 0 Å². The summed E-state index contributed by atoms with van der Waals surface area (Å²) in [5.41, 5.74) is 0. The number of alkyl halides is 3. The van der Waals surface area contributed by atoms with Gasteiger partial charge in [0.1, 0.15) is 0 Å². The molecule has 0 saturated carbocycles. The van der Waals surface area contributed by atoms with Crippen LogP contribution in [0.1, 0.15) is 13.8 Å². The second kappa shape index (κ2) is 7.07. The number of nitrogens with one attached hydrogen (secondary N) is 1. The van der Waals surface area contributed by atoms with Gasteiger partial charge in [-0.15, -0.1) is 0 Å². The van der Waals surface area contributed by atoms with E-state index in [2.05, 4.69) is 0 Å². The van der Waals surface area contributed by atoms with Gasteiger partial charge in [0, 0.05) is 20.1 Å². The van der Waals surface area contributed by atoms with Gasteiger partial charge in [0.2, 0.25) is 0 Å². The van der Waals surface area contributed by atoms with E-state index in [-0.39, 0.29) is 25.6 Å². The molecule has 106 valence electrons. The molecule has 0 heterocycles. The Kier molecular flexibility index (Phi) is 6.50. The highest BCUT2D eigenvalue weighted by Crippen LogP contribution is 2.13. The van der Waals surface area contributed by atoms with Gasteiger partial charge >= 0.3 is 18.2 Å². The molecule has 8 heteroatoms. The van der Waals surface area contributed by atoms with Crippen molar-refractivity contribution in [2.75, 3.05) is 26.7 Å². The molecule has 1 N–H and O–H groups in total. The van der Waals surface area contributed by atoms with Crippen LogP contribution in [0.4, 0.5) is 18.0 Å². The maximum Gasteiger partial charge on any atom is 0.471 e. The van der Waals surface area contributed by atoms with E-state index < -0.39 is 18.2 Å². The van der Waals surface area contributed by atoms with Gasteiger partial charge in [0.25, 0.3) is 0 Å². The second-order valence-electron chi connectivity index (χ2n) is 4.15. The number of carbonyl (C=O) groups excluding carboxylic acids is 2. The van der Waals surface area contributed by atoms with Crippen molar-refractivity contribution >= 4 is 12.0 Å². The third-order valence-electron chi connectivity index (χ3n) is 1.84. The van der Waals surface area contributed by atoms with Crippen LogP contribution in [0.5, 0.6) is 0 Å². The van der Waals surface area contributed by atoms with Crippen LogP contribution in [-0.2, 0) is 9.53 Å². The van der Waals surface area contributed by atoms with Gasteiger partial charge in [-0.1, -0.05) is 13.8 Å². The fourth-order valence-corrected chi connectivity index (χ4v) is 0.877. The summed E-state index contributed by atoms with van der Waals surface area (Å²) in [7, 11) is 1.38. The first-order valence-corrected chi connectivity index (χ1v) is 5.37. The number of hydrogen-bond acceptors (Lipinski definition) is 3. The topological polar surface area (TPSA) is 58.6 Å². The molecule has 0 rings (SSSR count). The minimum Gasteiger partial charge on any atom is -0.449 e. The summed E-state index contributed by atoms with van der Waals surface area (Å²) >= 11 is 0. The van der Waals surface area contributed by atoms with Crippen molar-refractivity contribution in [3.05, 3.63) is 0 Å². The van der Waals surface area contributed by atoms with Crippen molar-refractivity contribution in [2.45, 2.75) is 20.0 Å². The molecule has 0 aromatic carbocycles. The third-order valence-corrected chi connectivity index (χ3v) is 1.84. The number of likely N-dealkylation sites (N-methyl/N-ethyl adjacent to an activating group) is 1. The Morgan fingerprint density at radius 3 is 2.33 bits per heavy atom. The Morgan fingerprint density at radius 2 is 1.89 bits per heavy atom. The molecular weight excluding hydrogens is 253 g/mol. The molecule has 0 aromatic rings. The molecule has 0 fully saturated rings. The monoisotopic (exact) mass is 270 g/mol. The van der Waals surface area contributed by atoms with Crippen LogP contribution in [0.2, 0.25) is 0 Å². The van der Waals surface area contributed by atoms with Gasteiger partial charge in [0.15, 0.2) is 0 Å². The second-order valence-corrected chi connectivity index (χ2v) is 4.15. The number of nitrogens with zero attached hydrogens (tertiary/aromatic N) is 1. The first-order chi connectivity index (χ1) is 8.14. The van der Waals surface area contributed by atoms with Crippen LogP contribution in [0, 0.1) is 5.92 Å². The van der Waals surface area contributed by atoms with Gasteiger partial charge < -0.3 is 15.0 Å².